The number of hydrogen-bond acceptors (Lipinski definition) is 7. The number of carbonyl (C=O) groups is 3. The van der Waals surface area contributed by atoms with Crippen LogP contribution in [0.5, 0.6) is 5.75 Å². The zero-order chi connectivity index (χ0) is 26.0. The monoisotopic (exact) mass is 486 g/mol. The highest BCUT2D eigenvalue weighted by atomic mass is 16.6. The number of aliphatic carboxylic acids is 1. The lowest BCUT2D eigenvalue weighted by atomic mass is 10.0. The second-order valence-corrected chi connectivity index (χ2v) is 8.88. The number of carboxylic acid groups (broad SMARTS) is 1. The van der Waals surface area contributed by atoms with Gasteiger partial charge >= 0.3 is 18.0 Å². The molecule has 2 rings (SSSR count). The van der Waals surface area contributed by atoms with E-state index >= 15 is 0 Å². The van der Waals surface area contributed by atoms with Crippen molar-refractivity contribution in [2.24, 2.45) is 0 Å². The number of carbonyl (C=O) groups excluding carboxylic acids is 2. The first-order valence-corrected chi connectivity index (χ1v) is 11.4. The predicted molar refractivity (Wildman–Crippen MR) is 130 cm³/mol. The number of carboxylic acids is 1. The molecule has 9 nitrogen and oxygen atoms in total. The average molecular weight is 487 g/mol. The van der Waals surface area contributed by atoms with Crippen molar-refractivity contribution < 1.29 is 33.7 Å². The summed E-state index contributed by atoms with van der Waals surface area (Å²) in [5.74, 6) is -1.31. The van der Waals surface area contributed by atoms with Gasteiger partial charge in [-0.2, -0.15) is 0 Å². The van der Waals surface area contributed by atoms with Crippen LogP contribution in [0, 0.1) is 0 Å². The van der Waals surface area contributed by atoms with Crippen LogP contribution in [-0.4, -0.2) is 59.5 Å². The van der Waals surface area contributed by atoms with E-state index in [1.807, 2.05) is 30.3 Å². The Bertz CT molecular complexity index is 989. The molecule has 0 aromatic heterocycles. The molecule has 2 aromatic rings. The van der Waals surface area contributed by atoms with Crippen molar-refractivity contribution in [1.29, 1.82) is 0 Å². The van der Waals surface area contributed by atoms with E-state index in [1.165, 1.54) is 7.11 Å². The Balaban J connectivity index is 2.43. The number of benzene rings is 2. The van der Waals surface area contributed by atoms with E-state index < -0.39 is 35.7 Å². The van der Waals surface area contributed by atoms with E-state index in [0.29, 0.717) is 11.3 Å². The Morgan fingerprint density at radius 3 is 2.23 bits per heavy atom. The van der Waals surface area contributed by atoms with Crippen LogP contribution in [0.15, 0.2) is 54.6 Å². The largest absolute Gasteiger partial charge is 0.497 e. The number of methoxy groups -OCH3 is 1. The maximum Gasteiger partial charge on any atom is 0.425 e. The molecule has 0 spiro atoms. The van der Waals surface area contributed by atoms with Gasteiger partial charge in [0.2, 0.25) is 0 Å². The van der Waals surface area contributed by atoms with Gasteiger partial charge in [0.25, 0.3) is 0 Å². The normalized spacial score (nSPS) is 12.8. The van der Waals surface area contributed by atoms with Gasteiger partial charge in [0.1, 0.15) is 17.4 Å². The second-order valence-electron chi connectivity index (χ2n) is 8.88. The number of amides is 1. The van der Waals surface area contributed by atoms with Crippen LogP contribution in [0.1, 0.15) is 38.8 Å². The van der Waals surface area contributed by atoms with Gasteiger partial charge in [-0.1, -0.05) is 42.5 Å². The molecule has 35 heavy (non-hydrogen) atoms. The molecule has 0 aliphatic rings. The number of esters is 1. The van der Waals surface area contributed by atoms with E-state index in [4.69, 9.17) is 14.2 Å². The SMILES string of the molecule is CCOC(=O)[C@H](Cc1ccccc1)N(N[C@@H](Cc1cccc(OC)c1)C(=O)O)C(=O)OC(C)(C)C. The zero-order valence-corrected chi connectivity index (χ0v) is 20.8. The molecule has 0 saturated carbocycles. The number of nitrogens with zero attached hydrogens (tertiary/aromatic N) is 1. The van der Waals surface area contributed by atoms with Crippen LogP contribution < -0.4 is 10.2 Å². The van der Waals surface area contributed by atoms with Gasteiger partial charge in [0.05, 0.1) is 13.7 Å². The summed E-state index contributed by atoms with van der Waals surface area (Å²) in [6, 6.07) is 13.6. The number of nitrogens with one attached hydrogen (secondary N) is 1. The fourth-order valence-corrected chi connectivity index (χ4v) is 3.33. The highest BCUT2D eigenvalue weighted by molar-refractivity contribution is 5.82. The van der Waals surface area contributed by atoms with Crippen molar-refractivity contribution in [3.63, 3.8) is 0 Å². The van der Waals surface area contributed by atoms with Gasteiger partial charge in [0.15, 0.2) is 6.04 Å². The van der Waals surface area contributed by atoms with Gasteiger partial charge in [0, 0.05) is 12.8 Å². The Kier molecular flexibility index (Phi) is 10.1. The lowest BCUT2D eigenvalue weighted by Gasteiger charge is -2.34. The fraction of sp³-hybridized carbons (Fsp3) is 0.423. The van der Waals surface area contributed by atoms with Crippen LogP contribution in [-0.2, 0) is 31.9 Å². The lowest BCUT2D eigenvalue weighted by Crippen LogP contribution is -2.60. The standard InChI is InChI=1S/C26H34N2O7/c1-6-34-24(31)22(17-18-11-8-7-9-12-18)28(25(32)35-26(2,3)4)27-21(23(29)30)16-19-13-10-14-20(15-19)33-5/h7-15,21-22,27H,6,16-17H2,1-5H3,(H,29,30)/t21-,22-/m0/s1. The third-order valence-corrected chi connectivity index (χ3v) is 4.90. The summed E-state index contributed by atoms with van der Waals surface area (Å²) in [4.78, 5) is 38.4. The highest BCUT2D eigenvalue weighted by Crippen LogP contribution is 2.18. The van der Waals surface area contributed by atoms with Gasteiger partial charge in [-0.15, -0.1) is 0 Å². The van der Waals surface area contributed by atoms with Crippen molar-refractivity contribution in [2.45, 2.75) is 58.2 Å². The molecule has 2 atom stereocenters. The quantitative estimate of drug-likeness (QED) is 0.366. The lowest BCUT2D eigenvalue weighted by molar-refractivity contribution is -0.153. The third kappa shape index (κ3) is 8.94. The van der Waals surface area contributed by atoms with E-state index in [1.54, 1.807) is 52.0 Å². The average Bonchev–Trinajstić information content (AvgIpc) is 2.80. The van der Waals surface area contributed by atoms with Gasteiger partial charge in [-0.25, -0.2) is 20.0 Å². The molecule has 0 aliphatic heterocycles. The number of rotatable bonds is 11. The molecule has 1 amide bonds. The Morgan fingerprint density at radius 1 is 1.00 bits per heavy atom. The minimum atomic E-state index is -1.25. The summed E-state index contributed by atoms with van der Waals surface area (Å²) in [7, 11) is 1.52. The Hall–Kier alpha value is -3.59. The molecule has 0 saturated heterocycles. The molecule has 0 heterocycles. The molecule has 2 aromatic carbocycles. The first kappa shape index (κ1) is 27.7. The molecule has 0 aliphatic carbocycles. The summed E-state index contributed by atoms with van der Waals surface area (Å²) >= 11 is 0. The molecule has 9 heteroatoms. The molecule has 2 N–H and O–H groups in total. The van der Waals surface area contributed by atoms with Crippen LogP contribution in [0.4, 0.5) is 4.79 Å². The van der Waals surface area contributed by atoms with E-state index in [-0.39, 0.29) is 19.4 Å². The van der Waals surface area contributed by atoms with Crippen LogP contribution in [0.2, 0.25) is 0 Å². The number of hydrogen-bond donors (Lipinski definition) is 2. The molecule has 0 radical (unpaired) electrons. The third-order valence-electron chi connectivity index (χ3n) is 4.90. The molecular formula is C26H34N2O7. The zero-order valence-electron chi connectivity index (χ0n) is 20.8. The predicted octanol–water partition coefficient (Wildman–Crippen LogP) is 3.61. The van der Waals surface area contributed by atoms with Gasteiger partial charge in [-0.05, 0) is 51.0 Å². The fourth-order valence-electron chi connectivity index (χ4n) is 3.33. The summed E-state index contributed by atoms with van der Waals surface area (Å²) in [6.45, 7) is 6.81. The van der Waals surface area contributed by atoms with Crippen molar-refractivity contribution in [3.05, 3.63) is 65.7 Å². The second kappa shape index (κ2) is 12.8. The van der Waals surface area contributed by atoms with Crippen LogP contribution >= 0.6 is 0 Å². The molecular weight excluding hydrogens is 452 g/mol. The summed E-state index contributed by atoms with van der Waals surface area (Å²) in [5.41, 5.74) is 3.29. The Labute approximate surface area is 205 Å². The summed E-state index contributed by atoms with van der Waals surface area (Å²) < 4.78 is 16.0. The molecule has 0 fully saturated rings. The van der Waals surface area contributed by atoms with Gasteiger partial charge in [-0.3, -0.25) is 4.79 Å². The summed E-state index contributed by atoms with van der Waals surface area (Å²) in [6.07, 6.45) is -0.771. The molecule has 190 valence electrons. The van der Waals surface area contributed by atoms with Crippen LogP contribution in [0.25, 0.3) is 0 Å². The molecule has 0 bridgehead atoms. The highest BCUT2D eigenvalue weighted by Gasteiger charge is 2.37. The van der Waals surface area contributed by atoms with E-state index in [9.17, 15) is 19.5 Å². The molecule has 0 unspecified atom stereocenters. The first-order valence-electron chi connectivity index (χ1n) is 11.4. The van der Waals surface area contributed by atoms with Crippen LogP contribution in [0.3, 0.4) is 0 Å². The van der Waals surface area contributed by atoms with Crippen molar-refractivity contribution in [2.75, 3.05) is 13.7 Å². The van der Waals surface area contributed by atoms with Crippen molar-refractivity contribution in [1.82, 2.24) is 10.4 Å². The van der Waals surface area contributed by atoms with E-state index in [0.717, 1.165) is 10.6 Å². The number of ether oxygens (including phenoxy) is 3. The van der Waals surface area contributed by atoms with Crippen molar-refractivity contribution >= 4 is 18.0 Å². The van der Waals surface area contributed by atoms with E-state index in [2.05, 4.69) is 5.43 Å². The summed E-state index contributed by atoms with van der Waals surface area (Å²) in [5, 5.41) is 10.9. The smallest absolute Gasteiger partial charge is 0.425 e. The van der Waals surface area contributed by atoms with Gasteiger partial charge < -0.3 is 19.3 Å². The maximum atomic E-state index is 13.2. The minimum absolute atomic E-state index is 0.0205. The van der Waals surface area contributed by atoms with Crippen molar-refractivity contribution in [3.8, 4) is 5.75 Å². The Morgan fingerprint density at radius 2 is 1.66 bits per heavy atom. The number of hydrazine groups is 1. The first-order chi connectivity index (χ1) is 16.5. The topological polar surface area (TPSA) is 114 Å². The maximum absolute atomic E-state index is 13.2. The minimum Gasteiger partial charge on any atom is -0.497 e.